The van der Waals surface area contributed by atoms with E-state index in [4.69, 9.17) is 0 Å². The van der Waals surface area contributed by atoms with Gasteiger partial charge >= 0.3 is 29.6 Å². The summed E-state index contributed by atoms with van der Waals surface area (Å²) in [5.74, 6) is 0. The van der Waals surface area contributed by atoms with Crippen LogP contribution in [0.5, 0.6) is 0 Å². The van der Waals surface area contributed by atoms with Gasteiger partial charge in [-0.15, -0.1) is 0 Å². The van der Waals surface area contributed by atoms with E-state index in [2.05, 4.69) is 12.6 Å². The molecule has 0 bridgehead atoms. The van der Waals surface area contributed by atoms with Crippen LogP contribution in [0.2, 0.25) is 0 Å². The summed E-state index contributed by atoms with van der Waals surface area (Å²) in [7, 11) is 0. The molecule has 0 aromatic carbocycles. The van der Waals surface area contributed by atoms with Crippen LogP contribution in [0, 0.1) is 5.21 Å². The van der Waals surface area contributed by atoms with E-state index in [0.717, 1.165) is 0 Å². The molecule has 0 unspecified atom stereocenters. The second-order valence-corrected chi connectivity index (χ2v) is 1.84. The molecular formula is C5H6CuNNaOS. The van der Waals surface area contributed by atoms with Gasteiger partial charge in [-0.2, -0.15) is 4.73 Å². The first-order valence-corrected chi connectivity index (χ1v) is 2.62. The summed E-state index contributed by atoms with van der Waals surface area (Å²) in [5.41, 5.74) is 0. The molecule has 1 aromatic heterocycles. The van der Waals surface area contributed by atoms with Gasteiger partial charge < -0.3 is 5.21 Å². The predicted octanol–water partition coefficient (Wildman–Crippen LogP) is -0.0423. The first kappa shape index (κ1) is 13.4. The SMILES string of the molecule is [Cu].[NaH].[O-][n+]1ccccc1S. The smallest absolute Gasteiger partial charge is 0.248 e. The van der Waals surface area contributed by atoms with Crippen molar-refractivity contribution in [1.29, 1.82) is 0 Å². The second kappa shape index (κ2) is 6.52. The first-order valence-electron chi connectivity index (χ1n) is 2.18. The molecule has 0 atom stereocenters. The molecule has 0 aliphatic rings. The van der Waals surface area contributed by atoms with E-state index in [0.29, 0.717) is 9.76 Å². The molecule has 0 amide bonds. The van der Waals surface area contributed by atoms with Gasteiger partial charge in [-0.1, -0.05) is 12.6 Å². The van der Waals surface area contributed by atoms with Crippen molar-refractivity contribution in [2.45, 2.75) is 5.03 Å². The van der Waals surface area contributed by atoms with Crippen LogP contribution >= 0.6 is 12.6 Å². The van der Waals surface area contributed by atoms with E-state index >= 15 is 0 Å². The van der Waals surface area contributed by atoms with Gasteiger partial charge in [0.25, 0.3) is 0 Å². The number of aromatic nitrogens is 1. The summed E-state index contributed by atoms with van der Waals surface area (Å²) in [6.45, 7) is 0. The Morgan fingerprint density at radius 1 is 1.40 bits per heavy atom. The topological polar surface area (TPSA) is 26.9 Å². The summed E-state index contributed by atoms with van der Waals surface area (Å²) < 4.78 is 0.698. The maximum absolute atomic E-state index is 10.5. The molecule has 0 N–H and O–H groups in total. The third-order valence-corrected chi connectivity index (χ3v) is 1.15. The molecule has 1 rings (SSSR count). The minimum atomic E-state index is 0. The molecule has 1 heterocycles. The van der Waals surface area contributed by atoms with E-state index < -0.39 is 0 Å². The van der Waals surface area contributed by atoms with Crippen LogP contribution in [0.1, 0.15) is 0 Å². The second-order valence-electron chi connectivity index (χ2n) is 1.38. The molecule has 1 aromatic rings. The van der Waals surface area contributed by atoms with Crippen LogP contribution in [-0.4, -0.2) is 29.6 Å². The Bertz CT molecular complexity index is 178. The van der Waals surface area contributed by atoms with Gasteiger partial charge in [0.15, 0.2) is 6.20 Å². The summed E-state index contributed by atoms with van der Waals surface area (Å²) in [6, 6.07) is 5.06. The zero-order chi connectivity index (χ0) is 5.98. The Hall–Kier alpha value is 0.819. The number of pyridine rings is 1. The fourth-order valence-electron chi connectivity index (χ4n) is 0.419. The Labute approximate surface area is 97.8 Å². The quantitative estimate of drug-likeness (QED) is 0.279. The molecule has 0 saturated carbocycles. The Balaban J connectivity index is 0. The fourth-order valence-corrected chi connectivity index (χ4v) is 0.572. The third kappa shape index (κ3) is 3.86. The van der Waals surface area contributed by atoms with Gasteiger partial charge in [0.1, 0.15) is 0 Å². The zero-order valence-electron chi connectivity index (χ0n) is 4.41. The van der Waals surface area contributed by atoms with Gasteiger partial charge in [0, 0.05) is 29.2 Å². The largest absolute Gasteiger partial charge is 0.618 e. The Kier molecular flexibility index (Phi) is 8.75. The van der Waals surface area contributed by atoms with Gasteiger partial charge in [0.05, 0.1) is 0 Å². The van der Waals surface area contributed by atoms with Gasteiger partial charge in [-0.25, -0.2) is 0 Å². The van der Waals surface area contributed by atoms with E-state index in [1.807, 2.05) is 0 Å². The van der Waals surface area contributed by atoms with Gasteiger partial charge in [-0.05, 0) is 6.07 Å². The number of hydrogen-bond donors (Lipinski definition) is 1. The van der Waals surface area contributed by atoms with Crippen molar-refractivity contribution < 1.29 is 21.8 Å². The van der Waals surface area contributed by atoms with Crippen LogP contribution in [0.25, 0.3) is 0 Å². The minimum absolute atomic E-state index is 0. The molecule has 0 aliphatic carbocycles. The molecule has 0 spiro atoms. The molecule has 0 aliphatic heterocycles. The normalized spacial score (nSPS) is 7.30. The van der Waals surface area contributed by atoms with E-state index in [-0.39, 0.29) is 46.6 Å². The van der Waals surface area contributed by atoms with E-state index in [9.17, 15) is 5.21 Å². The average Bonchev–Trinajstić information content (AvgIpc) is 1.77. The Morgan fingerprint density at radius 2 is 2.00 bits per heavy atom. The van der Waals surface area contributed by atoms with Crippen molar-refractivity contribution in [1.82, 2.24) is 0 Å². The molecule has 55 valence electrons. The van der Waals surface area contributed by atoms with E-state index in [1.54, 1.807) is 18.2 Å². The van der Waals surface area contributed by atoms with Crippen molar-refractivity contribution in [3.05, 3.63) is 29.6 Å². The number of hydrogen-bond acceptors (Lipinski definition) is 2. The van der Waals surface area contributed by atoms with Crippen molar-refractivity contribution in [3.8, 4) is 0 Å². The van der Waals surface area contributed by atoms with Crippen molar-refractivity contribution in [2.24, 2.45) is 0 Å². The van der Waals surface area contributed by atoms with E-state index in [1.165, 1.54) is 6.20 Å². The zero-order valence-corrected chi connectivity index (χ0v) is 6.25. The first-order chi connectivity index (χ1) is 3.80. The van der Waals surface area contributed by atoms with Crippen molar-refractivity contribution >= 4 is 42.2 Å². The van der Waals surface area contributed by atoms with Crippen LogP contribution in [0.4, 0.5) is 0 Å². The molecule has 0 saturated heterocycles. The maximum Gasteiger partial charge on any atom is 0.248 e. The summed E-state index contributed by atoms with van der Waals surface area (Å²) in [5, 5.41) is 10.9. The Morgan fingerprint density at radius 3 is 2.30 bits per heavy atom. The summed E-state index contributed by atoms with van der Waals surface area (Å²) in [4.78, 5) is 0. The molecular weight excluding hydrogens is 209 g/mol. The molecule has 10 heavy (non-hydrogen) atoms. The molecule has 5 heteroatoms. The standard InChI is InChI=1S/C5H5NOS.Cu.Na.H/c7-6-4-2-1-3-5(6)8;;;/h1-4,8H;;;. The van der Waals surface area contributed by atoms with Gasteiger partial charge in [-0.3, -0.25) is 0 Å². The average molecular weight is 215 g/mol. The monoisotopic (exact) mass is 214 g/mol. The predicted molar refractivity (Wildman–Crippen MR) is 39.8 cm³/mol. The summed E-state index contributed by atoms with van der Waals surface area (Å²) >= 11 is 3.85. The van der Waals surface area contributed by atoms with Crippen LogP contribution < -0.4 is 4.73 Å². The molecule has 0 fully saturated rings. The molecule has 2 nitrogen and oxygen atoms in total. The van der Waals surface area contributed by atoms with Gasteiger partial charge in [0.2, 0.25) is 5.03 Å². The minimum Gasteiger partial charge on any atom is -0.618 e. The molecule has 1 radical (unpaired) electrons. The number of thiol groups is 1. The third-order valence-electron chi connectivity index (χ3n) is 0.804. The van der Waals surface area contributed by atoms with Crippen molar-refractivity contribution in [2.75, 3.05) is 0 Å². The fraction of sp³-hybridized carbons (Fsp3) is 0. The van der Waals surface area contributed by atoms with Crippen LogP contribution in [0.3, 0.4) is 0 Å². The van der Waals surface area contributed by atoms with Crippen molar-refractivity contribution in [3.63, 3.8) is 0 Å². The number of rotatable bonds is 0. The summed E-state index contributed by atoms with van der Waals surface area (Å²) in [6.07, 6.45) is 1.41. The van der Waals surface area contributed by atoms with Crippen LogP contribution in [-0.2, 0) is 17.1 Å². The number of nitrogens with zero attached hydrogens (tertiary/aromatic N) is 1. The maximum atomic E-state index is 10.5. The van der Waals surface area contributed by atoms with Crippen LogP contribution in [0.15, 0.2) is 29.4 Å².